The number of aromatic hydroxyl groups is 1. The summed E-state index contributed by atoms with van der Waals surface area (Å²) < 4.78 is 29.8. The second-order valence-electron chi connectivity index (χ2n) is 4.92. The highest BCUT2D eigenvalue weighted by molar-refractivity contribution is 7.95. The van der Waals surface area contributed by atoms with Gasteiger partial charge in [-0.1, -0.05) is 18.2 Å². The fourth-order valence-corrected chi connectivity index (χ4v) is 3.80. The van der Waals surface area contributed by atoms with Gasteiger partial charge < -0.3 is 9.84 Å². The number of sulfone groups is 1. The minimum absolute atomic E-state index is 0.0632. The van der Waals surface area contributed by atoms with Crippen molar-refractivity contribution in [3.63, 3.8) is 0 Å². The number of aryl methyl sites for hydroxylation is 1. The Bertz CT molecular complexity index is 835. The lowest BCUT2D eigenvalue weighted by molar-refractivity contribution is 0.367. The van der Waals surface area contributed by atoms with Crippen molar-refractivity contribution in [3.8, 4) is 11.5 Å². The quantitative estimate of drug-likeness (QED) is 0.947. The molecule has 0 unspecified atom stereocenters. The van der Waals surface area contributed by atoms with E-state index < -0.39 is 9.84 Å². The molecule has 1 aliphatic heterocycles. The molecule has 3 rings (SSSR count). The Balaban J connectivity index is 1.90. The highest BCUT2D eigenvalue weighted by Crippen LogP contribution is 2.35. The van der Waals surface area contributed by atoms with E-state index in [9.17, 15) is 13.5 Å². The summed E-state index contributed by atoms with van der Waals surface area (Å²) in [6.45, 7) is 2.10. The van der Waals surface area contributed by atoms with Gasteiger partial charge in [0.25, 0.3) is 0 Å². The van der Waals surface area contributed by atoms with E-state index in [1.54, 1.807) is 6.07 Å². The Labute approximate surface area is 123 Å². The Morgan fingerprint density at radius 1 is 1.14 bits per heavy atom. The first kappa shape index (κ1) is 13.7. The van der Waals surface area contributed by atoms with Crippen molar-refractivity contribution < 1.29 is 18.3 Å². The molecule has 0 atom stereocenters. The SMILES string of the molecule is Cc1ccccc1OCC1=CS(=O)(=O)c2cc(O)ccc21. The standard InChI is InChI=1S/C16H14O4S/c1-11-4-2-3-5-15(11)20-9-12-10-21(18,19)16-8-13(17)6-7-14(12)16/h2-8,10,17H,9H2,1H3. The molecular weight excluding hydrogens is 288 g/mol. The van der Waals surface area contributed by atoms with Crippen LogP contribution >= 0.6 is 0 Å². The molecule has 1 aliphatic rings. The average molecular weight is 302 g/mol. The monoisotopic (exact) mass is 302 g/mol. The molecule has 21 heavy (non-hydrogen) atoms. The number of hydrogen-bond acceptors (Lipinski definition) is 4. The summed E-state index contributed by atoms with van der Waals surface area (Å²) in [5.74, 6) is 0.662. The summed E-state index contributed by atoms with van der Waals surface area (Å²) in [6, 6.07) is 11.9. The number of para-hydroxylation sites is 1. The molecule has 0 spiro atoms. The van der Waals surface area contributed by atoms with Crippen LogP contribution in [0.15, 0.2) is 52.8 Å². The lowest BCUT2D eigenvalue weighted by atomic mass is 10.1. The van der Waals surface area contributed by atoms with Crippen LogP contribution in [-0.4, -0.2) is 20.1 Å². The summed E-state index contributed by atoms with van der Waals surface area (Å²) in [7, 11) is -3.49. The third-order valence-electron chi connectivity index (χ3n) is 3.39. The number of fused-ring (bicyclic) bond motifs is 1. The van der Waals surface area contributed by atoms with E-state index >= 15 is 0 Å². The van der Waals surface area contributed by atoms with E-state index in [0.717, 1.165) is 11.3 Å². The van der Waals surface area contributed by atoms with Crippen LogP contribution in [0.1, 0.15) is 11.1 Å². The largest absolute Gasteiger partial charge is 0.508 e. The van der Waals surface area contributed by atoms with E-state index in [0.29, 0.717) is 11.1 Å². The first-order chi connectivity index (χ1) is 9.97. The molecule has 1 N–H and O–H groups in total. The second-order valence-corrected chi connectivity index (χ2v) is 6.69. The van der Waals surface area contributed by atoms with E-state index in [1.165, 1.54) is 17.5 Å². The van der Waals surface area contributed by atoms with Gasteiger partial charge in [-0.25, -0.2) is 8.42 Å². The molecule has 0 fully saturated rings. The molecule has 2 aromatic carbocycles. The molecule has 0 amide bonds. The van der Waals surface area contributed by atoms with Crippen LogP contribution < -0.4 is 4.74 Å². The number of benzene rings is 2. The number of ether oxygens (including phenoxy) is 1. The van der Waals surface area contributed by atoms with Crippen LogP contribution in [0.2, 0.25) is 0 Å². The van der Waals surface area contributed by atoms with E-state index in [-0.39, 0.29) is 17.3 Å². The summed E-state index contributed by atoms with van der Waals surface area (Å²) in [4.78, 5) is 0.130. The van der Waals surface area contributed by atoms with E-state index in [4.69, 9.17) is 4.74 Å². The smallest absolute Gasteiger partial charge is 0.200 e. The molecule has 108 valence electrons. The van der Waals surface area contributed by atoms with Crippen LogP contribution in [0.25, 0.3) is 5.57 Å². The van der Waals surface area contributed by atoms with Gasteiger partial charge in [0.05, 0.1) is 4.90 Å². The zero-order valence-corrected chi connectivity index (χ0v) is 12.2. The third kappa shape index (κ3) is 2.52. The zero-order chi connectivity index (χ0) is 15.0. The van der Waals surface area contributed by atoms with Crippen LogP contribution in [0.4, 0.5) is 0 Å². The maximum atomic E-state index is 12.1. The molecular formula is C16H14O4S. The number of phenols is 1. The van der Waals surface area contributed by atoms with Gasteiger partial charge in [0, 0.05) is 16.5 Å². The fourth-order valence-electron chi connectivity index (χ4n) is 2.31. The molecule has 0 saturated heterocycles. The fraction of sp³-hybridized carbons (Fsp3) is 0.125. The summed E-state index contributed by atoms with van der Waals surface area (Å²) in [6.07, 6.45) is 0. The molecule has 0 bridgehead atoms. The minimum Gasteiger partial charge on any atom is -0.508 e. The molecule has 0 radical (unpaired) electrons. The van der Waals surface area contributed by atoms with Gasteiger partial charge in [0.2, 0.25) is 9.84 Å². The van der Waals surface area contributed by atoms with Gasteiger partial charge in [-0.15, -0.1) is 0 Å². The highest BCUT2D eigenvalue weighted by Gasteiger charge is 2.27. The highest BCUT2D eigenvalue weighted by atomic mass is 32.2. The summed E-state index contributed by atoms with van der Waals surface area (Å²) in [5, 5.41) is 10.6. The molecule has 4 nitrogen and oxygen atoms in total. The van der Waals surface area contributed by atoms with Gasteiger partial charge in [0.1, 0.15) is 18.1 Å². The van der Waals surface area contributed by atoms with Crippen molar-refractivity contribution in [3.05, 3.63) is 59.0 Å². The number of hydrogen-bond donors (Lipinski definition) is 1. The van der Waals surface area contributed by atoms with Crippen molar-refractivity contribution in [1.82, 2.24) is 0 Å². The van der Waals surface area contributed by atoms with Crippen molar-refractivity contribution in [2.75, 3.05) is 6.61 Å². The van der Waals surface area contributed by atoms with Crippen molar-refractivity contribution in [2.24, 2.45) is 0 Å². The van der Waals surface area contributed by atoms with Crippen LogP contribution in [0.5, 0.6) is 11.5 Å². The lowest BCUT2D eigenvalue weighted by Crippen LogP contribution is -2.00. The number of phenolic OH excluding ortho intramolecular Hbond substituents is 1. The van der Waals surface area contributed by atoms with Crippen LogP contribution in [0.3, 0.4) is 0 Å². The van der Waals surface area contributed by atoms with Gasteiger partial charge >= 0.3 is 0 Å². The first-order valence-corrected chi connectivity index (χ1v) is 7.99. The van der Waals surface area contributed by atoms with Gasteiger partial charge in [0.15, 0.2) is 0 Å². The lowest BCUT2D eigenvalue weighted by Gasteiger charge is -2.10. The normalized spacial score (nSPS) is 15.4. The summed E-state index contributed by atoms with van der Waals surface area (Å²) >= 11 is 0. The maximum absolute atomic E-state index is 12.1. The minimum atomic E-state index is -3.49. The van der Waals surface area contributed by atoms with Gasteiger partial charge in [-0.3, -0.25) is 0 Å². The third-order valence-corrected chi connectivity index (χ3v) is 4.94. The van der Waals surface area contributed by atoms with Crippen molar-refractivity contribution in [2.45, 2.75) is 11.8 Å². The predicted octanol–water partition coefficient (Wildman–Crippen LogP) is 2.91. The molecule has 5 heteroatoms. The van der Waals surface area contributed by atoms with Gasteiger partial charge in [-0.05, 0) is 36.8 Å². The zero-order valence-electron chi connectivity index (χ0n) is 11.4. The molecule has 2 aromatic rings. The van der Waals surface area contributed by atoms with E-state index in [2.05, 4.69) is 0 Å². The Kier molecular flexibility index (Phi) is 3.22. The van der Waals surface area contributed by atoms with Crippen LogP contribution in [0, 0.1) is 6.92 Å². The topological polar surface area (TPSA) is 63.6 Å². The Morgan fingerprint density at radius 2 is 1.90 bits per heavy atom. The average Bonchev–Trinajstić information content (AvgIpc) is 2.69. The van der Waals surface area contributed by atoms with Crippen molar-refractivity contribution >= 4 is 15.4 Å². The number of rotatable bonds is 3. The molecule has 0 aromatic heterocycles. The maximum Gasteiger partial charge on any atom is 0.200 e. The predicted molar refractivity (Wildman–Crippen MR) is 79.9 cm³/mol. The van der Waals surface area contributed by atoms with E-state index in [1.807, 2.05) is 31.2 Å². The van der Waals surface area contributed by atoms with Crippen molar-refractivity contribution in [1.29, 1.82) is 0 Å². The molecule has 1 heterocycles. The second kappa shape index (κ2) is 4.93. The Hall–Kier alpha value is -2.27. The Morgan fingerprint density at radius 3 is 2.67 bits per heavy atom. The first-order valence-electron chi connectivity index (χ1n) is 6.45. The van der Waals surface area contributed by atoms with Crippen LogP contribution in [-0.2, 0) is 9.84 Å². The summed E-state index contributed by atoms with van der Waals surface area (Å²) in [5.41, 5.74) is 2.17. The molecule has 0 aliphatic carbocycles. The van der Waals surface area contributed by atoms with Gasteiger partial charge in [-0.2, -0.15) is 0 Å². The molecule has 0 saturated carbocycles.